The first-order chi connectivity index (χ1) is 17.0. The molecule has 0 saturated carbocycles. The maximum atomic E-state index is 4.01. The first-order valence-corrected chi connectivity index (χ1v) is 14.8. The molecule has 0 aromatic rings. The standard InChI is InChI=1S/C16H26N2.C5H11N.C3H8.4C2H6/c1-6-10-18(15(4)7-2)13-14(3)16-8-11-17(5)12-9-16;1-2-4-6-5-3-1;1-3-2;4*1-2/h6-7,10,13,16H,2,4,8-9,11-12H2,1,3,5H3;6H,1-5H2;3H2,1-2H3;4*1-2H3/b10-6-,14-13+;;;;;;. The molecule has 3 nitrogen and oxygen atoms in total. The van der Waals surface area contributed by atoms with Gasteiger partial charge in [-0.2, -0.15) is 0 Å². The van der Waals surface area contributed by atoms with Gasteiger partial charge in [-0.15, -0.1) is 0 Å². The fourth-order valence-corrected chi connectivity index (χ4v) is 3.08. The smallest absolute Gasteiger partial charge is 0.0371 e. The van der Waals surface area contributed by atoms with Crippen LogP contribution in [-0.2, 0) is 0 Å². The van der Waals surface area contributed by atoms with E-state index in [1.54, 1.807) is 6.08 Å². The average molecular weight is 496 g/mol. The topological polar surface area (TPSA) is 18.5 Å². The molecule has 0 spiro atoms. The molecule has 0 aromatic carbocycles. The second-order valence-electron chi connectivity index (χ2n) is 7.55. The number of rotatable bonds is 5. The van der Waals surface area contributed by atoms with Gasteiger partial charge in [0.2, 0.25) is 0 Å². The summed E-state index contributed by atoms with van der Waals surface area (Å²) in [4.78, 5) is 4.46. The summed E-state index contributed by atoms with van der Waals surface area (Å²) in [6.45, 7) is 37.2. The maximum absolute atomic E-state index is 4.01. The molecule has 1 N–H and O–H groups in total. The zero-order chi connectivity index (χ0) is 28.5. The van der Waals surface area contributed by atoms with E-state index in [1.165, 1.54) is 70.3 Å². The van der Waals surface area contributed by atoms with Crippen molar-refractivity contribution in [2.24, 2.45) is 5.92 Å². The molecule has 2 aliphatic heterocycles. The molecule has 0 atom stereocenters. The number of hydrogen-bond acceptors (Lipinski definition) is 3. The molecule has 2 saturated heterocycles. The minimum Gasteiger partial charge on any atom is -0.325 e. The van der Waals surface area contributed by atoms with Gasteiger partial charge in [0.15, 0.2) is 0 Å². The van der Waals surface area contributed by atoms with Crippen LogP contribution in [0.3, 0.4) is 0 Å². The minimum atomic E-state index is 0.701. The summed E-state index contributed by atoms with van der Waals surface area (Å²) in [5.74, 6) is 0.701. The zero-order valence-electron chi connectivity index (χ0n) is 26.8. The molecule has 0 aromatic heterocycles. The van der Waals surface area contributed by atoms with Crippen LogP contribution in [0.2, 0.25) is 0 Å². The third-order valence-electron chi connectivity index (χ3n) is 4.79. The lowest BCUT2D eigenvalue weighted by atomic mass is 9.90. The maximum Gasteiger partial charge on any atom is 0.0371 e. The molecule has 0 radical (unpaired) electrons. The SMILES string of the molecule is C1CCNCC1.C=CC(=C)N(/C=C\C)/C=C(\C)C1CCN(C)CC1.CC.CC.CC.CC.CCC. The molecule has 2 heterocycles. The van der Waals surface area contributed by atoms with Gasteiger partial charge in [-0.3, -0.25) is 0 Å². The summed E-state index contributed by atoms with van der Waals surface area (Å²) in [7, 11) is 2.20. The predicted octanol–water partition coefficient (Wildman–Crippen LogP) is 10.0. The minimum absolute atomic E-state index is 0.701. The number of hydrogen-bond donors (Lipinski definition) is 1. The van der Waals surface area contributed by atoms with E-state index < -0.39 is 0 Å². The third kappa shape index (κ3) is 30.6. The van der Waals surface area contributed by atoms with Crippen LogP contribution in [-0.4, -0.2) is 43.0 Å². The Balaban J connectivity index is -0.000000145. The van der Waals surface area contributed by atoms with Crippen LogP contribution in [0.4, 0.5) is 0 Å². The Kier molecular flexibility index (Phi) is 49.8. The lowest BCUT2D eigenvalue weighted by Crippen LogP contribution is -2.30. The molecule has 2 fully saturated rings. The lowest BCUT2D eigenvalue weighted by molar-refractivity contribution is 0.237. The molecule has 2 rings (SSSR count). The van der Waals surface area contributed by atoms with Gasteiger partial charge in [-0.1, -0.05) is 107 Å². The Hall–Kier alpha value is -1.32. The van der Waals surface area contributed by atoms with Gasteiger partial charge in [-0.05, 0) is 84.8 Å². The highest BCUT2D eigenvalue weighted by molar-refractivity contribution is 5.19. The number of nitrogens with zero attached hydrogens (tertiary/aromatic N) is 2. The Labute approximate surface area is 224 Å². The van der Waals surface area contributed by atoms with Crippen LogP contribution in [0.25, 0.3) is 0 Å². The van der Waals surface area contributed by atoms with Crippen LogP contribution in [0.1, 0.15) is 122 Å². The summed E-state index contributed by atoms with van der Waals surface area (Å²) in [5.41, 5.74) is 2.35. The second kappa shape index (κ2) is 39.9. The Morgan fingerprint density at radius 1 is 0.914 bits per heavy atom. The van der Waals surface area contributed by atoms with Gasteiger partial charge in [0.1, 0.15) is 0 Å². The average Bonchev–Trinajstić information content (AvgIpc) is 2.94. The largest absolute Gasteiger partial charge is 0.325 e. The summed E-state index contributed by atoms with van der Waals surface area (Å²) in [5, 5.41) is 3.28. The highest BCUT2D eigenvalue weighted by Gasteiger charge is 2.18. The fourth-order valence-electron chi connectivity index (χ4n) is 3.08. The molecule has 212 valence electrons. The zero-order valence-corrected chi connectivity index (χ0v) is 26.8. The highest BCUT2D eigenvalue weighted by atomic mass is 15.1. The molecular formula is C32H69N3. The van der Waals surface area contributed by atoms with Crippen LogP contribution in [0.15, 0.2) is 49.0 Å². The molecule has 3 heteroatoms. The van der Waals surface area contributed by atoms with Crippen molar-refractivity contribution in [1.29, 1.82) is 0 Å². The Bertz CT molecular complexity index is 428. The second-order valence-corrected chi connectivity index (χ2v) is 7.55. The number of allylic oxidation sites excluding steroid dienone is 3. The van der Waals surface area contributed by atoms with Gasteiger partial charge >= 0.3 is 0 Å². The first kappa shape index (κ1) is 43.7. The molecule has 0 bridgehead atoms. The molecule has 2 aliphatic rings. The van der Waals surface area contributed by atoms with Gasteiger partial charge in [0.25, 0.3) is 0 Å². The van der Waals surface area contributed by atoms with E-state index in [9.17, 15) is 0 Å². The van der Waals surface area contributed by atoms with Crippen molar-refractivity contribution in [3.05, 3.63) is 49.0 Å². The van der Waals surface area contributed by atoms with Gasteiger partial charge < -0.3 is 15.1 Å². The molecular weight excluding hydrogens is 426 g/mol. The van der Waals surface area contributed by atoms with E-state index >= 15 is 0 Å². The Morgan fingerprint density at radius 2 is 1.34 bits per heavy atom. The van der Waals surface area contributed by atoms with E-state index in [0.29, 0.717) is 5.92 Å². The molecule has 0 amide bonds. The summed E-state index contributed by atoms with van der Waals surface area (Å²) < 4.78 is 0. The van der Waals surface area contributed by atoms with Crippen molar-refractivity contribution >= 4 is 0 Å². The third-order valence-corrected chi connectivity index (χ3v) is 4.79. The normalized spacial score (nSPS) is 15.2. The van der Waals surface area contributed by atoms with Gasteiger partial charge in [-0.25, -0.2) is 0 Å². The summed E-state index contributed by atoms with van der Waals surface area (Å²) in [6, 6.07) is 0. The summed E-state index contributed by atoms with van der Waals surface area (Å²) in [6.07, 6.45) is 16.0. The van der Waals surface area contributed by atoms with E-state index in [2.05, 4.69) is 62.3 Å². The van der Waals surface area contributed by atoms with E-state index in [-0.39, 0.29) is 0 Å². The quantitative estimate of drug-likeness (QED) is 0.383. The Morgan fingerprint density at radius 3 is 1.63 bits per heavy atom. The van der Waals surface area contributed by atoms with Crippen LogP contribution < -0.4 is 5.32 Å². The van der Waals surface area contributed by atoms with Crippen LogP contribution in [0, 0.1) is 5.92 Å². The van der Waals surface area contributed by atoms with Crippen molar-refractivity contribution < 1.29 is 0 Å². The van der Waals surface area contributed by atoms with E-state index in [1.807, 2.05) is 74.6 Å². The number of piperidine rings is 2. The number of likely N-dealkylation sites (tertiary alicyclic amines) is 1. The monoisotopic (exact) mass is 496 g/mol. The van der Waals surface area contributed by atoms with E-state index in [0.717, 1.165) is 5.70 Å². The molecule has 35 heavy (non-hydrogen) atoms. The van der Waals surface area contributed by atoms with Crippen molar-refractivity contribution in [2.75, 3.05) is 33.2 Å². The first-order valence-electron chi connectivity index (χ1n) is 14.8. The summed E-state index contributed by atoms with van der Waals surface area (Å²) >= 11 is 0. The van der Waals surface area contributed by atoms with E-state index in [4.69, 9.17) is 0 Å². The number of nitrogens with one attached hydrogen (secondary N) is 1. The molecule has 0 unspecified atom stereocenters. The van der Waals surface area contributed by atoms with Crippen molar-refractivity contribution in [2.45, 2.75) is 122 Å². The predicted molar refractivity (Wildman–Crippen MR) is 168 cm³/mol. The fraction of sp³-hybridized carbons (Fsp3) is 0.750. The van der Waals surface area contributed by atoms with Crippen molar-refractivity contribution in [1.82, 2.24) is 15.1 Å². The molecule has 0 aliphatic carbocycles. The van der Waals surface area contributed by atoms with Crippen LogP contribution in [0.5, 0.6) is 0 Å². The van der Waals surface area contributed by atoms with Crippen molar-refractivity contribution in [3.8, 4) is 0 Å². The highest BCUT2D eigenvalue weighted by Crippen LogP contribution is 2.24. The van der Waals surface area contributed by atoms with Crippen molar-refractivity contribution in [3.63, 3.8) is 0 Å². The lowest BCUT2D eigenvalue weighted by Gasteiger charge is -2.30. The van der Waals surface area contributed by atoms with Crippen LogP contribution >= 0.6 is 0 Å². The van der Waals surface area contributed by atoms with Gasteiger partial charge in [0.05, 0.1) is 0 Å². The van der Waals surface area contributed by atoms with Gasteiger partial charge in [0, 0.05) is 18.1 Å².